The van der Waals surface area contributed by atoms with E-state index in [0.717, 1.165) is 0 Å². The summed E-state index contributed by atoms with van der Waals surface area (Å²) in [5, 5.41) is 17.1. The van der Waals surface area contributed by atoms with E-state index in [-0.39, 0.29) is 23.5 Å². The number of amides is 3. The number of rotatable bonds is 13. The first-order chi connectivity index (χ1) is 13.9. The third-order valence-corrected chi connectivity index (χ3v) is 5.76. The lowest BCUT2D eigenvalue weighted by molar-refractivity contribution is -0.144. The Kier molecular flexibility index (Phi) is 12.7. The zero-order valence-electron chi connectivity index (χ0n) is 18.8. The number of carbonyl (C=O) groups is 4. The van der Waals surface area contributed by atoms with Gasteiger partial charge in [0.25, 0.3) is 0 Å². The van der Waals surface area contributed by atoms with Gasteiger partial charge in [-0.3, -0.25) is 14.4 Å². The Morgan fingerprint density at radius 3 is 1.73 bits per heavy atom. The number of carboxylic acid groups (broad SMARTS) is 1. The van der Waals surface area contributed by atoms with Crippen LogP contribution in [-0.4, -0.2) is 58.7 Å². The zero-order chi connectivity index (χ0) is 23.6. The molecule has 6 unspecified atom stereocenters. The molecule has 0 heterocycles. The van der Waals surface area contributed by atoms with Crippen molar-refractivity contribution in [3.05, 3.63) is 0 Å². The summed E-state index contributed by atoms with van der Waals surface area (Å²) in [6.45, 7) is 10.8. The maximum atomic E-state index is 12.7. The smallest absolute Gasteiger partial charge is 0.326 e. The third-order valence-electron chi connectivity index (χ3n) is 5.40. The van der Waals surface area contributed by atoms with Gasteiger partial charge in [0.1, 0.15) is 18.1 Å². The molecule has 0 aliphatic heterocycles. The van der Waals surface area contributed by atoms with Crippen molar-refractivity contribution in [3.63, 3.8) is 0 Å². The predicted octanol–water partition coefficient (Wildman–Crippen LogP) is 0.531. The molecule has 0 aromatic heterocycles. The van der Waals surface area contributed by atoms with Crippen molar-refractivity contribution in [2.75, 3.05) is 5.75 Å². The Bertz CT molecular complexity index is 602. The van der Waals surface area contributed by atoms with Gasteiger partial charge < -0.3 is 26.8 Å². The molecule has 0 fully saturated rings. The third kappa shape index (κ3) is 8.51. The van der Waals surface area contributed by atoms with Gasteiger partial charge in [-0.1, -0.05) is 54.4 Å². The van der Waals surface area contributed by atoms with Crippen molar-refractivity contribution in [2.45, 2.75) is 78.6 Å². The van der Waals surface area contributed by atoms with Gasteiger partial charge in [0.15, 0.2) is 0 Å². The van der Waals surface area contributed by atoms with Crippen molar-refractivity contribution in [1.29, 1.82) is 0 Å². The summed E-state index contributed by atoms with van der Waals surface area (Å²) < 4.78 is 0. The SMILES string of the molecule is CCC(C)C(N)C(=O)NC(CS)C(=O)NC(C(=O)NC(C(=O)O)C(C)CC)C(C)C. The maximum absolute atomic E-state index is 12.7. The standard InChI is InChI=1S/C20H38N4O5S/c1-7-11(5)14(21)18(26)22-13(9-30)17(25)23-15(10(3)4)19(27)24-16(20(28)29)12(6)8-2/h10-16,30H,7-9,21H2,1-6H3,(H,22,26)(H,23,25)(H,24,27)(H,28,29). The summed E-state index contributed by atoms with van der Waals surface area (Å²) in [5.41, 5.74) is 5.91. The lowest BCUT2D eigenvalue weighted by Crippen LogP contribution is -2.59. The van der Waals surface area contributed by atoms with E-state index < -0.39 is 47.9 Å². The molecule has 0 saturated carbocycles. The number of nitrogens with one attached hydrogen (secondary N) is 3. The number of carbonyl (C=O) groups excluding carboxylic acids is 3. The van der Waals surface area contributed by atoms with Crippen molar-refractivity contribution in [1.82, 2.24) is 16.0 Å². The molecule has 3 amide bonds. The first-order valence-electron chi connectivity index (χ1n) is 10.4. The quantitative estimate of drug-likeness (QED) is 0.227. The highest BCUT2D eigenvalue weighted by Gasteiger charge is 2.33. The lowest BCUT2D eigenvalue weighted by atomic mass is 9.97. The van der Waals surface area contributed by atoms with Crippen LogP contribution < -0.4 is 21.7 Å². The molecule has 0 aliphatic carbocycles. The summed E-state index contributed by atoms with van der Waals surface area (Å²) >= 11 is 4.13. The molecule has 9 nitrogen and oxygen atoms in total. The molecular formula is C20H38N4O5S. The van der Waals surface area contributed by atoms with Crippen LogP contribution in [0.15, 0.2) is 0 Å². The van der Waals surface area contributed by atoms with E-state index in [4.69, 9.17) is 5.73 Å². The van der Waals surface area contributed by atoms with Crippen molar-refractivity contribution in [2.24, 2.45) is 23.5 Å². The number of nitrogens with two attached hydrogens (primary N) is 1. The molecule has 6 N–H and O–H groups in total. The van der Waals surface area contributed by atoms with E-state index >= 15 is 0 Å². The molecule has 0 rings (SSSR count). The molecule has 0 saturated heterocycles. The molecule has 30 heavy (non-hydrogen) atoms. The van der Waals surface area contributed by atoms with Gasteiger partial charge in [-0.05, 0) is 17.8 Å². The minimum Gasteiger partial charge on any atom is -0.480 e. The average Bonchev–Trinajstić information content (AvgIpc) is 2.70. The Labute approximate surface area is 184 Å². The van der Waals surface area contributed by atoms with Gasteiger partial charge in [-0.25, -0.2) is 4.79 Å². The highest BCUT2D eigenvalue weighted by Crippen LogP contribution is 2.11. The molecular weight excluding hydrogens is 408 g/mol. The minimum absolute atomic E-state index is 0.0157. The highest BCUT2D eigenvalue weighted by atomic mass is 32.1. The van der Waals surface area contributed by atoms with E-state index in [1.54, 1.807) is 20.8 Å². The molecule has 10 heteroatoms. The van der Waals surface area contributed by atoms with Gasteiger partial charge in [0.2, 0.25) is 17.7 Å². The van der Waals surface area contributed by atoms with Crippen LogP contribution in [0.3, 0.4) is 0 Å². The van der Waals surface area contributed by atoms with Crippen molar-refractivity contribution >= 4 is 36.3 Å². The van der Waals surface area contributed by atoms with Crippen LogP contribution in [0.5, 0.6) is 0 Å². The summed E-state index contributed by atoms with van der Waals surface area (Å²) in [7, 11) is 0. The van der Waals surface area contributed by atoms with Gasteiger partial charge in [-0.2, -0.15) is 12.6 Å². The van der Waals surface area contributed by atoms with Crippen LogP contribution >= 0.6 is 12.6 Å². The number of aliphatic carboxylic acids is 1. The lowest BCUT2D eigenvalue weighted by Gasteiger charge is -2.28. The van der Waals surface area contributed by atoms with Gasteiger partial charge >= 0.3 is 5.97 Å². The van der Waals surface area contributed by atoms with Crippen LogP contribution in [0.2, 0.25) is 0 Å². The number of thiol groups is 1. The number of hydrogen-bond donors (Lipinski definition) is 6. The fourth-order valence-electron chi connectivity index (χ4n) is 2.69. The molecule has 0 radical (unpaired) electrons. The van der Waals surface area contributed by atoms with E-state index in [1.165, 1.54) is 0 Å². The Morgan fingerprint density at radius 1 is 0.833 bits per heavy atom. The molecule has 0 aliphatic rings. The average molecular weight is 447 g/mol. The van der Waals surface area contributed by atoms with E-state index in [0.29, 0.717) is 12.8 Å². The first-order valence-corrected chi connectivity index (χ1v) is 11.0. The molecule has 0 aromatic carbocycles. The largest absolute Gasteiger partial charge is 0.480 e. The van der Waals surface area contributed by atoms with Crippen LogP contribution in [0.25, 0.3) is 0 Å². The summed E-state index contributed by atoms with van der Waals surface area (Å²) in [6, 6.07) is -3.77. The first kappa shape index (κ1) is 28.2. The second-order valence-corrected chi connectivity index (χ2v) is 8.46. The molecule has 0 aromatic rings. The Hall–Kier alpha value is -1.81. The molecule has 0 spiro atoms. The minimum atomic E-state index is -1.13. The van der Waals surface area contributed by atoms with E-state index in [1.807, 2.05) is 20.8 Å². The van der Waals surface area contributed by atoms with E-state index in [2.05, 4.69) is 28.6 Å². The van der Waals surface area contributed by atoms with Gasteiger partial charge in [0.05, 0.1) is 6.04 Å². The van der Waals surface area contributed by atoms with Crippen LogP contribution in [-0.2, 0) is 19.2 Å². The topological polar surface area (TPSA) is 151 Å². The second-order valence-electron chi connectivity index (χ2n) is 8.10. The van der Waals surface area contributed by atoms with Crippen LogP contribution in [0.4, 0.5) is 0 Å². The van der Waals surface area contributed by atoms with Crippen molar-refractivity contribution in [3.8, 4) is 0 Å². The predicted molar refractivity (Wildman–Crippen MR) is 119 cm³/mol. The fourth-order valence-corrected chi connectivity index (χ4v) is 2.95. The van der Waals surface area contributed by atoms with Gasteiger partial charge in [-0.15, -0.1) is 0 Å². The fraction of sp³-hybridized carbons (Fsp3) is 0.800. The zero-order valence-corrected chi connectivity index (χ0v) is 19.7. The molecule has 174 valence electrons. The normalized spacial score (nSPS) is 17.2. The van der Waals surface area contributed by atoms with Crippen molar-refractivity contribution < 1.29 is 24.3 Å². The highest BCUT2D eigenvalue weighted by molar-refractivity contribution is 7.80. The summed E-state index contributed by atoms with van der Waals surface area (Å²) in [5.74, 6) is -3.40. The number of hydrogen-bond acceptors (Lipinski definition) is 6. The molecule has 6 atom stereocenters. The van der Waals surface area contributed by atoms with Crippen LogP contribution in [0.1, 0.15) is 54.4 Å². The van der Waals surface area contributed by atoms with Crippen LogP contribution in [0, 0.1) is 17.8 Å². The Balaban J connectivity index is 5.26. The monoisotopic (exact) mass is 446 g/mol. The molecule has 0 bridgehead atoms. The number of carboxylic acids is 1. The Morgan fingerprint density at radius 2 is 1.33 bits per heavy atom. The van der Waals surface area contributed by atoms with E-state index in [9.17, 15) is 24.3 Å². The van der Waals surface area contributed by atoms with Gasteiger partial charge in [0, 0.05) is 5.75 Å². The summed E-state index contributed by atoms with van der Waals surface area (Å²) in [4.78, 5) is 49.2. The maximum Gasteiger partial charge on any atom is 0.326 e. The summed E-state index contributed by atoms with van der Waals surface area (Å²) in [6.07, 6.45) is 1.28. The second kappa shape index (κ2) is 13.5.